The second kappa shape index (κ2) is 44.3. The molecule has 0 spiro atoms. The molecule has 0 aliphatic carbocycles. The van der Waals surface area contributed by atoms with Gasteiger partial charge in [-0.1, -0.05) is 225 Å². The minimum absolute atomic E-state index is 0.00745. The van der Waals surface area contributed by atoms with Gasteiger partial charge in [-0.15, -0.1) is 0 Å². The van der Waals surface area contributed by atoms with Crippen molar-refractivity contribution >= 4 is 11.9 Å². The van der Waals surface area contributed by atoms with Crippen molar-refractivity contribution in [3.05, 3.63) is 12.2 Å². The second-order valence-corrected chi connectivity index (χ2v) is 16.5. The normalized spacial score (nSPS) is 12.7. The smallest absolute Gasteiger partial charge is 0.305 e. The third-order valence-electron chi connectivity index (χ3n) is 11.1. The largest absolute Gasteiger partial charge is 0.466 e. The molecule has 320 valence electrons. The molecule has 0 aliphatic heterocycles. The molecule has 2 atom stereocenters. The average molecular weight is 764 g/mol. The van der Waals surface area contributed by atoms with Gasteiger partial charge >= 0.3 is 5.97 Å². The predicted molar refractivity (Wildman–Crippen MR) is 232 cm³/mol. The number of ether oxygens (including phenoxy) is 1. The van der Waals surface area contributed by atoms with Gasteiger partial charge in [0.25, 0.3) is 0 Å². The average Bonchev–Trinajstić information content (AvgIpc) is 3.17. The van der Waals surface area contributed by atoms with E-state index in [0.29, 0.717) is 19.4 Å². The lowest BCUT2D eigenvalue weighted by Crippen LogP contribution is -2.45. The highest BCUT2D eigenvalue weighted by atomic mass is 16.5. The van der Waals surface area contributed by atoms with Crippen molar-refractivity contribution in [2.75, 3.05) is 13.2 Å². The zero-order chi connectivity index (χ0) is 39.4. The Morgan fingerprint density at radius 2 is 0.852 bits per heavy atom. The molecule has 0 aromatic carbocycles. The molecule has 0 aromatic rings. The Balaban J connectivity index is 3.49. The third-order valence-corrected chi connectivity index (χ3v) is 11.1. The molecule has 0 aliphatic rings. The zero-order valence-corrected chi connectivity index (χ0v) is 36.2. The van der Waals surface area contributed by atoms with E-state index in [-0.39, 0.29) is 18.5 Å². The molecule has 0 radical (unpaired) electrons. The van der Waals surface area contributed by atoms with Crippen LogP contribution in [0.5, 0.6) is 0 Å². The maximum Gasteiger partial charge on any atom is 0.305 e. The van der Waals surface area contributed by atoms with Crippen LogP contribution in [0.1, 0.15) is 258 Å². The summed E-state index contributed by atoms with van der Waals surface area (Å²) in [6, 6.07) is -0.635. The molecule has 0 aromatic heterocycles. The number of rotatable bonds is 44. The molecule has 2 unspecified atom stereocenters. The van der Waals surface area contributed by atoms with E-state index in [1.807, 2.05) is 6.08 Å². The summed E-state index contributed by atoms with van der Waals surface area (Å²) in [5, 5.41) is 23.0. The topological polar surface area (TPSA) is 95.9 Å². The van der Waals surface area contributed by atoms with E-state index in [9.17, 15) is 19.8 Å². The summed E-state index contributed by atoms with van der Waals surface area (Å²) in [4.78, 5) is 24.4. The van der Waals surface area contributed by atoms with Crippen molar-refractivity contribution in [1.82, 2.24) is 5.32 Å². The number of aliphatic hydroxyl groups is 2. The number of carbonyl (C=O) groups is 2. The Labute approximate surface area is 336 Å². The van der Waals surface area contributed by atoms with Crippen molar-refractivity contribution < 1.29 is 24.5 Å². The molecular weight excluding hydrogens is 671 g/mol. The van der Waals surface area contributed by atoms with E-state index in [1.54, 1.807) is 6.08 Å². The quantitative estimate of drug-likeness (QED) is 0.0326. The molecule has 54 heavy (non-hydrogen) atoms. The van der Waals surface area contributed by atoms with Crippen LogP contribution in [0, 0.1) is 0 Å². The van der Waals surface area contributed by atoms with E-state index < -0.39 is 12.1 Å². The highest BCUT2D eigenvalue weighted by molar-refractivity contribution is 5.76. The summed E-state index contributed by atoms with van der Waals surface area (Å²) >= 11 is 0. The van der Waals surface area contributed by atoms with Crippen molar-refractivity contribution in [1.29, 1.82) is 0 Å². The molecule has 0 saturated heterocycles. The Morgan fingerprint density at radius 1 is 0.500 bits per heavy atom. The predicted octanol–water partition coefficient (Wildman–Crippen LogP) is 13.8. The van der Waals surface area contributed by atoms with E-state index in [0.717, 1.165) is 57.8 Å². The van der Waals surface area contributed by atoms with Gasteiger partial charge in [-0.3, -0.25) is 9.59 Å². The number of allylic oxidation sites excluding steroid dienone is 1. The fraction of sp³-hybridized carbons (Fsp3) is 0.917. The van der Waals surface area contributed by atoms with Gasteiger partial charge in [0.2, 0.25) is 5.91 Å². The lowest BCUT2D eigenvalue weighted by atomic mass is 10.0. The van der Waals surface area contributed by atoms with Crippen LogP contribution in [-0.4, -0.2) is 47.4 Å². The molecule has 0 fully saturated rings. The molecule has 1 amide bonds. The highest BCUT2D eigenvalue weighted by Gasteiger charge is 2.18. The fourth-order valence-electron chi connectivity index (χ4n) is 7.34. The summed E-state index contributed by atoms with van der Waals surface area (Å²) in [5.74, 6) is -0.0883. The first-order valence-corrected chi connectivity index (χ1v) is 24.0. The minimum atomic E-state index is -0.850. The SMILES string of the molecule is CCCCCCCCCCCCC/C=C/C(O)C(CO)NC(=O)CCCCCCCCCCCCCCCOC(=O)CCCCCCCCCCCCC. The number of esters is 1. The van der Waals surface area contributed by atoms with E-state index in [1.165, 1.54) is 173 Å². The minimum Gasteiger partial charge on any atom is -0.466 e. The van der Waals surface area contributed by atoms with Crippen LogP contribution >= 0.6 is 0 Å². The number of unbranched alkanes of at least 4 members (excludes halogenated alkanes) is 33. The van der Waals surface area contributed by atoms with Crippen LogP contribution in [0.4, 0.5) is 0 Å². The number of carbonyl (C=O) groups excluding carboxylic acids is 2. The van der Waals surface area contributed by atoms with E-state index in [2.05, 4.69) is 19.2 Å². The Morgan fingerprint density at radius 3 is 1.26 bits per heavy atom. The van der Waals surface area contributed by atoms with Gasteiger partial charge < -0.3 is 20.3 Å². The van der Waals surface area contributed by atoms with E-state index >= 15 is 0 Å². The second-order valence-electron chi connectivity index (χ2n) is 16.5. The molecule has 0 rings (SSSR count). The van der Waals surface area contributed by atoms with Gasteiger partial charge in [-0.25, -0.2) is 0 Å². The molecule has 0 bridgehead atoms. The first kappa shape index (κ1) is 52.6. The number of hydrogen-bond donors (Lipinski definition) is 3. The van der Waals surface area contributed by atoms with Gasteiger partial charge in [-0.05, 0) is 32.1 Å². The van der Waals surface area contributed by atoms with Gasteiger partial charge in [0.1, 0.15) is 0 Å². The van der Waals surface area contributed by atoms with Crippen LogP contribution in [0.25, 0.3) is 0 Å². The lowest BCUT2D eigenvalue weighted by Gasteiger charge is -2.20. The van der Waals surface area contributed by atoms with Crippen molar-refractivity contribution in [2.24, 2.45) is 0 Å². The number of amides is 1. The molecule has 0 heterocycles. The molecule has 6 nitrogen and oxygen atoms in total. The van der Waals surface area contributed by atoms with Gasteiger partial charge in [-0.2, -0.15) is 0 Å². The third kappa shape index (κ3) is 40.3. The van der Waals surface area contributed by atoms with E-state index in [4.69, 9.17) is 4.74 Å². The standard InChI is InChI=1S/C48H93NO5/c1-3-5-7-9-11-13-15-17-21-24-28-32-36-40-46(51)45(44-50)49-47(52)41-37-33-29-25-22-18-16-19-23-27-31-35-39-43-54-48(53)42-38-34-30-26-20-14-12-10-8-6-4-2/h36,40,45-46,50-51H,3-35,37-39,41-44H2,1-2H3,(H,49,52)/b40-36+. The molecule has 3 N–H and O–H groups in total. The Bertz CT molecular complexity index is 802. The lowest BCUT2D eigenvalue weighted by molar-refractivity contribution is -0.143. The number of nitrogens with one attached hydrogen (secondary N) is 1. The van der Waals surface area contributed by atoms with Gasteiger partial charge in [0.05, 0.1) is 25.4 Å². The Hall–Kier alpha value is -1.40. The summed E-state index contributed by atoms with van der Waals surface area (Å²) in [6.07, 6.45) is 49.1. The summed E-state index contributed by atoms with van der Waals surface area (Å²) < 4.78 is 5.44. The summed E-state index contributed by atoms with van der Waals surface area (Å²) in [5.41, 5.74) is 0. The van der Waals surface area contributed by atoms with Crippen molar-refractivity contribution in [2.45, 2.75) is 270 Å². The highest BCUT2D eigenvalue weighted by Crippen LogP contribution is 2.16. The fourth-order valence-corrected chi connectivity index (χ4v) is 7.34. The maximum absolute atomic E-state index is 12.4. The molecule has 0 saturated carbocycles. The van der Waals surface area contributed by atoms with Crippen molar-refractivity contribution in [3.63, 3.8) is 0 Å². The number of hydrogen-bond acceptors (Lipinski definition) is 5. The Kier molecular flexibility index (Phi) is 43.2. The number of aliphatic hydroxyl groups excluding tert-OH is 2. The maximum atomic E-state index is 12.4. The first-order valence-electron chi connectivity index (χ1n) is 24.0. The van der Waals surface area contributed by atoms with Crippen LogP contribution in [0.2, 0.25) is 0 Å². The monoisotopic (exact) mass is 764 g/mol. The van der Waals surface area contributed by atoms with Crippen molar-refractivity contribution in [3.8, 4) is 0 Å². The van der Waals surface area contributed by atoms with Crippen LogP contribution in [-0.2, 0) is 14.3 Å². The molecular formula is C48H93NO5. The van der Waals surface area contributed by atoms with Crippen LogP contribution in [0.3, 0.4) is 0 Å². The van der Waals surface area contributed by atoms with Crippen LogP contribution in [0.15, 0.2) is 12.2 Å². The first-order chi connectivity index (χ1) is 26.5. The molecule has 6 heteroatoms. The zero-order valence-electron chi connectivity index (χ0n) is 36.2. The summed E-state index contributed by atoms with van der Waals surface area (Å²) in [6.45, 7) is 4.86. The van der Waals surface area contributed by atoms with Gasteiger partial charge in [0.15, 0.2) is 0 Å². The summed E-state index contributed by atoms with van der Waals surface area (Å²) in [7, 11) is 0. The van der Waals surface area contributed by atoms with Gasteiger partial charge in [0, 0.05) is 12.8 Å². The van der Waals surface area contributed by atoms with Crippen LogP contribution < -0.4 is 5.32 Å².